The van der Waals surface area contributed by atoms with Gasteiger partial charge in [0.05, 0.1) is 12.2 Å². The Morgan fingerprint density at radius 1 is 1.26 bits per heavy atom. The summed E-state index contributed by atoms with van der Waals surface area (Å²) in [5.41, 5.74) is 0. The Kier molecular flexibility index (Phi) is 4.54. The van der Waals surface area contributed by atoms with Gasteiger partial charge >= 0.3 is 0 Å². The van der Waals surface area contributed by atoms with Gasteiger partial charge in [-0.25, -0.2) is 0 Å². The first-order valence-electron chi connectivity index (χ1n) is 8.00. The van der Waals surface area contributed by atoms with E-state index in [1.54, 1.807) is 0 Å². The number of nitrogens with zero attached hydrogens (tertiary/aromatic N) is 1. The molecule has 1 amide bonds. The summed E-state index contributed by atoms with van der Waals surface area (Å²) in [6.45, 7) is 11.1. The normalized spacial score (nSPS) is 35.9. The van der Waals surface area contributed by atoms with Gasteiger partial charge in [0.1, 0.15) is 0 Å². The Labute approximate surface area is 118 Å². The molecule has 0 bridgehead atoms. The zero-order valence-corrected chi connectivity index (χ0v) is 13.1. The largest absolute Gasteiger partial charge is 0.322 e. The van der Waals surface area contributed by atoms with Crippen LogP contribution < -0.4 is 5.32 Å². The summed E-state index contributed by atoms with van der Waals surface area (Å²) in [7, 11) is 0. The first-order chi connectivity index (χ1) is 8.91. The molecule has 19 heavy (non-hydrogen) atoms. The van der Waals surface area contributed by atoms with E-state index >= 15 is 0 Å². The molecule has 1 saturated heterocycles. The quantitative estimate of drug-likeness (QED) is 0.848. The van der Waals surface area contributed by atoms with Gasteiger partial charge in [0, 0.05) is 6.04 Å². The van der Waals surface area contributed by atoms with Crippen LogP contribution in [0.3, 0.4) is 0 Å². The Balaban J connectivity index is 2.16. The Bertz CT molecular complexity index is 327. The monoisotopic (exact) mass is 266 g/mol. The molecule has 1 aliphatic heterocycles. The number of carbonyl (C=O) groups excluding carboxylic acids is 1. The lowest BCUT2D eigenvalue weighted by atomic mass is 10.0. The van der Waals surface area contributed by atoms with Crippen molar-refractivity contribution in [2.45, 2.75) is 78.6 Å². The topological polar surface area (TPSA) is 32.3 Å². The third-order valence-electron chi connectivity index (χ3n) is 4.74. The number of hydrogen-bond acceptors (Lipinski definition) is 2. The molecule has 4 atom stereocenters. The van der Waals surface area contributed by atoms with Crippen molar-refractivity contribution in [1.29, 1.82) is 0 Å². The summed E-state index contributed by atoms with van der Waals surface area (Å²) >= 11 is 0. The maximum Gasteiger partial charge on any atom is 0.241 e. The second kappa shape index (κ2) is 5.82. The SMILES string of the molecule is CC(C)CC1NC(C(C)C)N(C2CCCC2C)C1=O. The molecular weight excluding hydrogens is 236 g/mol. The predicted octanol–water partition coefficient (Wildman–Crippen LogP) is 3.00. The standard InChI is InChI=1S/C16H30N2O/c1-10(2)9-13-16(19)18(15(17-13)11(3)4)14-8-6-7-12(14)5/h10-15,17H,6-9H2,1-5H3. The van der Waals surface area contributed by atoms with Crippen LogP contribution in [0.25, 0.3) is 0 Å². The minimum atomic E-state index is 0.0419. The molecule has 2 rings (SSSR count). The van der Waals surface area contributed by atoms with Gasteiger partial charge in [0.15, 0.2) is 0 Å². The van der Waals surface area contributed by atoms with Gasteiger partial charge in [0.25, 0.3) is 0 Å². The summed E-state index contributed by atoms with van der Waals surface area (Å²) in [4.78, 5) is 15.0. The molecule has 2 fully saturated rings. The third kappa shape index (κ3) is 2.96. The van der Waals surface area contributed by atoms with Crippen LogP contribution in [0.2, 0.25) is 0 Å². The Hall–Kier alpha value is -0.570. The molecular formula is C16H30N2O. The first kappa shape index (κ1) is 14.8. The van der Waals surface area contributed by atoms with Crippen molar-refractivity contribution in [3.05, 3.63) is 0 Å². The van der Waals surface area contributed by atoms with Gasteiger partial charge in [-0.05, 0) is 37.0 Å². The highest BCUT2D eigenvalue weighted by molar-refractivity contribution is 5.84. The van der Waals surface area contributed by atoms with Crippen molar-refractivity contribution in [2.24, 2.45) is 17.8 Å². The number of carbonyl (C=O) groups is 1. The molecule has 4 unspecified atom stereocenters. The second-order valence-electron chi connectivity index (χ2n) is 7.26. The van der Waals surface area contributed by atoms with Crippen LogP contribution in [0.4, 0.5) is 0 Å². The molecule has 0 aromatic carbocycles. The summed E-state index contributed by atoms with van der Waals surface area (Å²) < 4.78 is 0. The fourth-order valence-electron chi connectivity index (χ4n) is 3.74. The lowest BCUT2D eigenvalue weighted by molar-refractivity contribution is -0.133. The lowest BCUT2D eigenvalue weighted by Crippen LogP contribution is -2.48. The fourth-order valence-corrected chi connectivity index (χ4v) is 3.74. The van der Waals surface area contributed by atoms with Crippen LogP contribution >= 0.6 is 0 Å². The number of amides is 1. The van der Waals surface area contributed by atoms with E-state index in [0.717, 1.165) is 6.42 Å². The predicted molar refractivity (Wildman–Crippen MR) is 78.7 cm³/mol. The van der Waals surface area contributed by atoms with Crippen LogP contribution in [-0.2, 0) is 4.79 Å². The molecule has 3 nitrogen and oxygen atoms in total. The minimum absolute atomic E-state index is 0.0419. The van der Waals surface area contributed by atoms with Gasteiger partial charge in [-0.1, -0.05) is 41.0 Å². The van der Waals surface area contributed by atoms with E-state index in [9.17, 15) is 4.79 Å². The summed E-state index contributed by atoms with van der Waals surface area (Å²) in [6, 6.07) is 0.504. The van der Waals surface area contributed by atoms with Crippen molar-refractivity contribution < 1.29 is 4.79 Å². The highest BCUT2D eigenvalue weighted by Gasteiger charge is 2.45. The van der Waals surface area contributed by atoms with Crippen molar-refractivity contribution in [3.8, 4) is 0 Å². The molecule has 0 aromatic heterocycles. The van der Waals surface area contributed by atoms with E-state index in [2.05, 4.69) is 44.8 Å². The van der Waals surface area contributed by atoms with Gasteiger partial charge in [-0.15, -0.1) is 0 Å². The highest BCUT2D eigenvalue weighted by atomic mass is 16.2. The fraction of sp³-hybridized carbons (Fsp3) is 0.938. The molecule has 1 aliphatic carbocycles. The smallest absolute Gasteiger partial charge is 0.241 e. The Morgan fingerprint density at radius 3 is 2.42 bits per heavy atom. The molecule has 0 aromatic rings. The molecule has 1 saturated carbocycles. The summed E-state index contributed by atoms with van der Waals surface area (Å²) in [6.07, 6.45) is 4.93. The van der Waals surface area contributed by atoms with Gasteiger partial charge < -0.3 is 4.90 Å². The lowest BCUT2D eigenvalue weighted by Gasteiger charge is -2.34. The van der Waals surface area contributed by atoms with E-state index in [1.807, 2.05) is 0 Å². The van der Waals surface area contributed by atoms with E-state index in [1.165, 1.54) is 19.3 Å². The molecule has 2 aliphatic rings. The second-order valence-corrected chi connectivity index (χ2v) is 7.26. The van der Waals surface area contributed by atoms with E-state index < -0.39 is 0 Å². The van der Waals surface area contributed by atoms with Crippen LogP contribution in [0, 0.1) is 17.8 Å². The zero-order valence-electron chi connectivity index (χ0n) is 13.1. The van der Waals surface area contributed by atoms with Crippen LogP contribution in [-0.4, -0.2) is 29.1 Å². The molecule has 0 spiro atoms. The molecule has 0 radical (unpaired) electrons. The molecule has 1 heterocycles. The highest BCUT2D eigenvalue weighted by Crippen LogP contribution is 2.34. The molecule has 1 N–H and O–H groups in total. The van der Waals surface area contributed by atoms with E-state index in [4.69, 9.17) is 0 Å². The number of hydrogen-bond donors (Lipinski definition) is 1. The van der Waals surface area contributed by atoms with Crippen molar-refractivity contribution in [3.63, 3.8) is 0 Å². The average Bonchev–Trinajstić information content (AvgIpc) is 2.84. The van der Waals surface area contributed by atoms with Crippen LogP contribution in [0.5, 0.6) is 0 Å². The number of rotatable bonds is 4. The average molecular weight is 266 g/mol. The maximum absolute atomic E-state index is 12.8. The summed E-state index contributed by atoms with van der Waals surface area (Å²) in [5, 5.41) is 3.60. The van der Waals surface area contributed by atoms with Crippen LogP contribution in [0.15, 0.2) is 0 Å². The van der Waals surface area contributed by atoms with Crippen molar-refractivity contribution in [2.75, 3.05) is 0 Å². The van der Waals surface area contributed by atoms with E-state index in [0.29, 0.717) is 29.7 Å². The van der Waals surface area contributed by atoms with Crippen molar-refractivity contribution >= 4 is 5.91 Å². The zero-order chi connectivity index (χ0) is 14.2. The maximum atomic E-state index is 12.8. The minimum Gasteiger partial charge on any atom is -0.322 e. The number of nitrogens with one attached hydrogen (secondary N) is 1. The first-order valence-corrected chi connectivity index (χ1v) is 8.00. The van der Waals surface area contributed by atoms with Crippen molar-refractivity contribution in [1.82, 2.24) is 10.2 Å². The summed E-state index contributed by atoms with van der Waals surface area (Å²) in [5.74, 6) is 2.06. The molecule has 110 valence electrons. The third-order valence-corrected chi connectivity index (χ3v) is 4.74. The van der Waals surface area contributed by atoms with Gasteiger partial charge in [-0.3, -0.25) is 10.1 Å². The molecule has 3 heteroatoms. The van der Waals surface area contributed by atoms with Gasteiger partial charge in [0.2, 0.25) is 5.91 Å². The Morgan fingerprint density at radius 2 is 1.95 bits per heavy atom. The van der Waals surface area contributed by atoms with E-state index in [-0.39, 0.29) is 12.2 Å². The van der Waals surface area contributed by atoms with Crippen LogP contribution in [0.1, 0.15) is 60.3 Å². The van der Waals surface area contributed by atoms with Gasteiger partial charge in [-0.2, -0.15) is 0 Å².